The molecule has 4 aromatic carbocycles. The maximum atomic E-state index is 12.7. The van der Waals surface area contributed by atoms with Crippen LogP contribution < -0.4 is 9.80 Å². The minimum absolute atomic E-state index is 0.0999. The predicted octanol–water partition coefficient (Wildman–Crippen LogP) is 6.73. The van der Waals surface area contributed by atoms with Crippen LogP contribution in [0.5, 0.6) is 0 Å². The zero-order chi connectivity index (χ0) is 25.8. The van der Waals surface area contributed by atoms with Crippen molar-refractivity contribution < 1.29 is 8.76 Å². The summed E-state index contributed by atoms with van der Waals surface area (Å²) in [6, 6.07) is 33.0. The molecule has 0 fully saturated rings. The van der Waals surface area contributed by atoms with Crippen molar-refractivity contribution in [2.75, 3.05) is 38.0 Å². The molecule has 0 spiro atoms. The SMILES string of the molecule is CC(c1ccc(N(C)C)cc1)c1c(S(=O)O)ccc(N(C)C)c1C(c1ccccc1)c1ccccc1. The van der Waals surface area contributed by atoms with E-state index in [2.05, 4.69) is 89.5 Å². The first-order valence-corrected chi connectivity index (χ1v) is 13.2. The van der Waals surface area contributed by atoms with Crippen molar-refractivity contribution in [2.45, 2.75) is 23.7 Å². The molecule has 0 radical (unpaired) electrons. The van der Waals surface area contributed by atoms with E-state index in [1.807, 2.05) is 52.5 Å². The van der Waals surface area contributed by atoms with Gasteiger partial charge in [0.15, 0.2) is 11.1 Å². The Morgan fingerprint density at radius 1 is 0.639 bits per heavy atom. The summed E-state index contributed by atoms with van der Waals surface area (Å²) < 4.78 is 23.2. The van der Waals surface area contributed by atoms with Gasteiger partial charge >= 0.3 is 0 Å². The molecule has 4 aromatic rings. The molecule has 0 bridgehead atoms. The Bertz CT molecular complexity index is 1280. The topological polar surface area (TPSA) is 43.8 Å². The van der Waals surface area contributed by atoms with Crippen LogP contribution in [0.3, 0.4) is 0 Å². The van der Waals surface area contributed by atoms with Gasteiger partial charge in [0.05, 0.1) is 4.90 Å². The average Bonchev–Trinajstić information content (AvgIpc) is 2.89. The lowest BCUT2D eigenvalue weighted by Gasteiger charge is -2.31. The van der Waals surface area contributed by atoms with E-state index in [0.29, 0.717) is 4.90 Å². The lowest BCUT2D eigenvalue weighted by Crippen LogP contribution is -2.19. The molecule has 1 N–H and O–H groups in total. The average molecular weight is 499 g/mol. The van der Waals surface area contributed by atoms with Crippen LogP contribution in [0.2, 0.25) is 0 Å². The smallest absolute Gasteiger partial charge is 0.186 e. The summed E-state index contributed by atoms with van der Waals surface area (Å²) >= 11 is -2.13. The van der Waals surface area contributed by atoms with Gasteiger partial charge in [-0.2, -0.15) is 0 Å². The van der Waals surface area contributed by atoms with Crippen LogP contribution in [-0.4, -0.2) is 37.0 Å². The second kappa shape index (κ2) is 11.1. The van der Waals surface area contributed by atoms with Crippen LogP contribution in [0.1, 0.15) is 46.6 Å². The van der Waals surface area contributed by atoms with Gasteiger partial charge in [0.1, 0.15) is 0 Å². The number of benzene rings is 4. The minimum atomic E-state index is -2.13. The normalized spacial score (nSPS) is 12.9. The highest BCUT2D eigenvalue weighted by Crippen LogP contribution is 2.45. The van der Waals surface area contributed by atoms with Gasteiger partial charge in [0.25, 0.3) is 0 Å². The molecule has 0 aliphatic heterocycles. The zero-order valence-electron chi connectivity index (χ0n) is 21.6. The first-order chi connectivity index (χ1) is 17.3. The molecule has 186 valence electrons. The fourth-order valence-corrected chi connectivity index (χ4v) is 5.60. The van der Waals surface area contributed by atoms with Crippen molar-refractivity contribution in [2.24, 2.45) is 0 Å². The van der Waals surface area contributed by atoms with E-state index >= 15 is 0 Å². The van der Waals surface area contributed by atoms with Crippen LogP contribution in [0, 0.1) is 0 Å². The highest BCUT2D eigenvalue weighted by molar-refractivity contribution is 7.79. The van der Waals surface area contributed by atoms with Crippen LogP contribution in [0.25, 0.3) is 0 Å². The van der Waals surface area contributed by atoms with Crippen molar-refractivity contribution in [3.05, 3.63) is 125 Å². The van der Waals surface area contributed by atoms with Gasteiger partial charge in [-0.1, -0.05) is 79.7 Å². The van der Waals surface area contributed by atoms with Gasteiger partial charge in [0, 0.05) is 51.4 Å². The summed E-state index contributed by atoms with van der Waals surface area (Å²) in [5, 5.41) is 0. The largest absolute Gasteiger partial charge is 0.378 e. The lowest BCUT2D eigenvalue weighted by molar-refractivity contribution is 0.562. The summed E-state index contributed by atoms with van der Waals surface area (Å²) in [5.41, 5.74) is 7.50. The molecule has 4 nitrogen and oxygen atoms in total. The number of anilines is 2. The van der Waals surface area contributed by atoms with Crippen molar-refractivity contribution in [1.29, 1.82) is 0 Å². The number of hydrogen-bond donors (Lipinski definition) is 1. The Morgan fingerprint density at radius 2 is 1.17 bits per heavy atom. The van der Waals surface area contributed by atoms with Crippen LogP contribution in [0.4, 0.5) is 11.4 Å². The Balaban J connectivity index is 2.05. The Labute approximate surface area is 217 Å². The maximum absolute atomic E-state index is 12.7. The second-order valence-electron chi connectivity index (χ2n) is 9.52. The number of rotatable bonds is 8. The molecule has 0 heterocycles. The summed E-state index contributed by atoms with van der Waals surface area (Å²) in [7, 11) is 8.10. The summed E-state index contributed by atoms with van der Waals surface area (Å²) in [6.07, 6.45) is 0. The standard InChI is InChI=1S/C31H34N2O2S/c1-22(23-16-18-26(19-17-23)32(2)3)29-28(36(34)35)21-20-27(33(4)5)31(29)30(24-12-8-6-9-13-24)25-14-10-7-11-15-25/h6-22,30H,1-5H3,(H,34,35). The zero-order valence-corrected chi connectivity index (χ0v) is 22.4. The summed E-state index contributed by atoms with van der Waals surface area (Å²) in [4.78, 5) is 4.63. The predicted molar refractivity (Wildman–Crippen MR) is 152 cm³/mol. The van der Waals surface area contributed by atoms with Gasteiger partial charge in [-0.3, -0.25) is 0 Å². The maximum Gasteiger partial charge on any atom is 0.186 e. The molecule has 2 atom stereocenters. The lowest BCUT2D eigenvalue weighted by atomic mass is 9.77. The molecular formula is C31H34N2O2S. The third-order valence-electron chi connectivity index (χ3n) is 6.79. The molecule has 2 unspecified atom stereocenters. The Morgan fingerprint density at radius 3 is 1.61 bits per heavy atom. The van der Waals surface area contributed by atoms with Crippen LogP contribution in [0.15, 0.2) is 102 Å². The van der Waals surface area contributed by atoms with Gasteiger partial charge in [-0.25, -0.2) is 4.21 Å². The molecule has 0 amide bonds. The van der Waals surface area contributed by atoms with Gasteiger partial charge in [-0.15, -0.1) is 0 Å². The van der Waals surface area contributed by atoms with Crippen LogP contribution in [-0.2, 0) is 11.1 Å². The van der Waals surface area contributed by atoms with E-state index in [1.54, 1.807) is 0 Å². The van der Waals surface area contributed by atoms with E-state index in [1.165, 1.54) is 0 Å². The van der Waals surface area contributed by atoms with Gasteiger partial charge in [-0.05, 0) is 52.1 Å². The first kappa shape index (κ1) is 25.7. The van der Waals surface area contributed by atoms with E-state index in [-0.39, 0.29) is 11.8 Å². The molecule has 0 saturated carbocycles. The Kier molecular flexibility index (Phi) is 7.92. The Hall–Kier alpha value is -3.41. The molecule has 4 rings (SSSR count). The molecule has 0 aliphatic rings. The number of hydrogen-bond acceptors (Lipinski definition) is 3. The quantitative estimate of drug-likeness (QED) is 0.216. The first-order valence-electron chi connectivity index (χ1n) is 12.1. The van der Waals surface area contributed by atoms with E-state index < -0.39 is 11.1 Å². The van der Waals surface area contributed by atoms with E-state index in [9.17, 15) is 8.76 Å². The van der Waals surface area contributed by atoms with E-state index in [0.717, 1.165) is 39.2 Å². The van der Waals surface area contributed by atoms with Gasteiger partial charge in [0.2, 0.25) is 0 Å². The summed E-state index contributed by atoms with van der Waals surface area (Å²) in [5.74, 6) is -0.205. The second-order valence-corrected chi connectivity index (χ2v) is 10.5. The molecule has 0 saturated heterocycles. The number of nitrogens with zero attached hydrogens (tertiary/aromatic N) is 2. The van der Waals surface area contributed by atoms with Crippen molar-refractivity contribution in [3.63, 3.8) is 0 Å². The third kappa shape index (κ3) is 5.23. The molecular weight excluding hydrogens is 464 g/mol. The molecule has 0 aromatic heterocycles. The van der Waals surface area contributed by atoms with Gasteiger partial charge < -0.3 is 14.4 Å². The monoisotopic (exact) mass is 498 g/mol. The van der Waals surface area contributed by atoms with Crippen molar-refractivity contribution in [1.82, 2.24) is 0 Å². The fourth-order valence-electron chi connectivity index (χ4n) is 4.94. The fraction of sp³-hybridized carbons (Fsp3) is 0.226. The van der Waals surface area contributed by atoms with Crippen LogP contribution >= 0.6 is 0 Å². The molecule has 0 aliphatic carbocycles. The molecule has 5 heteroatoms. The van der Waals surface area contributed by atoms with Crippen molar-refractivity contribution in [3.8, 4) is 0 Å². The third-order valence-corrected chi connectivity index (χ3v) is 7.52. The summed E-state index contributed by atoms with van der Waals surface area (Å²) in [6.45, 7) is 2.13. The van der Waals surface area contributed by atoms with E-state index in [4.69, 9.17) is 0 Å². The minimum Gasteiger partial charge on any atom is -0.378 e. The molecule has 36 heavy (non-hydrogen) atoms. The highest BCUT2D eigenvalue weighted by Gasteiger charge is 2.30. The van der Waals surface area contributed by atoms with Crippen molar-refractivity contribution >= 4 is 22.5 Å². The highest BCUT2D eigenvalue weighted by atomic mass is 32.2.